The number of likely N-dealkylation sites (N-methyl/N-ethyl adjacent to an activating group) is 1. The van der Waals surface area contributed by atoms with E-state index >= 15 is 0 Å². The number of benzene rings is 1. The van der Waals surface area contributed by atoms with Gasteiger partial charge in [0.1, 0.15) is 5.54 Å². The molecule has 0 aromatic heterocycles. The van der Waals surface area contributed by atoms with E-state index in [1.165, 1.54) is 19.1 Å². The van der Waals surface area contributed by atoms with E-state index in [0.29, 0.717) is 43.6 Å². The molecule has 8 nitrogen and oxygen atoms in total. The topological polar surface area (TPSA) is 87.2 Å². The molecule has 2 aliphatic heterocycles. The summed E-state index contributed by atoms with van der Waals surface area (Å²) in [6.45, 7) is 5.32. The predicted molar refractivity (Wildman–Crippen MR) is 105 cm³/mol. The van der Waals surface area contributed by atoms with Crippen LogP contribution < -0.4 is 0 Å². The first-order chi connectivity index (χ1) is 13.7. The van der Waals surface area contributed by atoms with Crippen LogP contribution in [0.5, 0.6) is 0 Å². The maximum atomic E-state index is 12.9. The molecular formula is C21H27N3O5. The van der Waals surface area contributed by atoms with Gasteiger partial charge in [0.2, 0.25) is 0 Å². The average Bonchev–Trinajstić information content (AvgIpc) is 2.89. The van der Waals surface area contributed by atoms with Crippen LogP contribution in [0.25, 0.3) is 0 Å². The van der Waals surface area contributed by atoms with E-state index in [4.69, 9.17) is 0 Å². The smallest absolute Gasteiger partial charge is 0.337 e. The van der Waals surface area contributed by atoms with Crippen molar-refractivity contribution in [2.24, 2.45) is 5.92 Å². The summed E-state index contributed by atoms with van der Waals surface area (Å²) in [4.78, 5) is 54.4. The SMILES string of the molecule is COC(=O)c1ccc(C(=O)N2CCC3(CC2)C(=O)N(C)C(=O)N3CC(C)C)cc1. The number of likely N-dealkylation sites (tertiary alicyclic amines) is 1. The number of hydrogen-bond donors (Lipinski definition) is 0. The highest BCUT2D eigenvalue weighted by Crippen LogP contribution is 2.37. The van der Waals surface area contributed by atoms with Crippen LogP contribution >= 0.6 is 0 Å². The van der Waals surface area contributed by atoms with Crippen LogP contribution in [-0.2, 0) is 9.53 Å². The van der Waals surface area contributed by atoms with Crippen molar-refractivity contribution in [3.8, 4) is 0 Å². The fraction of sp³-hybridized carbons (Fsp3) is 0.524. The Morgan fingerprint density at radius 3 is 2.14 bits per heavy atom. The summed E-state index contributed by atoms with van der Waals surface area (Å²) in [5.41, 5.74) is -0.00982. The fourth-order valence-corrected chi connectivity index (χ4v) is 4.11. The number of carbonyl (C=O) groups is 4. The quantitative estimate of drug-likeness (QED) is 0.569. The summed E-state index contributed by atoms with van der Waals surface area (Å²) < 4.78 is 4.67. The van der Waals surface area contributed by atoms with Crippen molar-refractivity contribution in [2.75, 3.05) is 33.8 Å². The lowest BCUT2D eigenvalue weighted by Gasteiger charge is -2.42. The maximum absolute atomic E-state index is 12.9. The molecule has 0 N–H and O–H groups in total. The maximum Gasteiger partial charge on any atom is 0.337 e. The van der Waals surface area contributed by atoms with E-state index in [0.717, 1.165) is 0 Å². The van der Waals surface area contributed by atoms with Gasteiger partial charge in [0.15, 0.2) is 0 Å². The Morgan fingerprint density at radius 2 is 1.62 bits per heavy atom. The van der Waals surface area contributed by atoms with E-state index in [-0.39, 0.29) is 23.8 Å². The Bertz CT molecular complexity index is 825. The van der Waals surface area contributed by atoms with Gasteiger partial charge in [-0.25, -0.2) is 9.59 Å². The number of nitrogens with zero attached hydrogens (tertiary/aromatic N) is 3. The fourth-order valence-electron chi connectivity index (χ4n) is 4.11. The van der Waals surface area contributed by atoms with Gasteiger partial charge in [0.05, 0.1) is 12.7 Å². The van der Waals surface area contributed by atoms with Crippen molar-refractivity contribution in [3.05, 3.63) is 35.4 Å². The molecule has 2 saturated heterocycles. The summed E-state index contributed by atoms with van der Waals surface area (Å²) in [6.07, 6.45) is 0.835. The molecule has 0 atom stereocenters. The number of rotatable bonds is 4. The van der Waals surface area contributed by atoms with Crippen molar-refractivity contribution in [3.63, 3.8) is 0 Å². The molecule has 0 aliphatic carbocycles. The number of amides is 4. The summed E-state index contributed by atoms with van der Waals surface area (Å²) >= 11 is 0. The lowest BCUT2D eigenvalue weighted by molar-refractivity contribution is -0.134. The third kappa shape index (κ3) is 3.59. The summed E-state index contributed by atoms with van der Waals surface area (Å²) in [5, 5.41) is 0. The van der Waals surface area contributed by atoms with Crippen LogP contribution in [0.15, 0.2) is 24.3 Å². The molecule has 3 rings (SSSR count). The normalized spacial score (nSPS) is 18.7. The molecule has 1 aromatic carbocycles. The van der Waals surface area contributed by atoms with E-state index < -0.39 is 11.5 Å². The molecule has 0 radical (unpaired) electrons. The van der Waals surface area contributed by atoms with Gasteiger partial charge in [-0.1, -0.05) is 13.8 Å². The van der Waals surface area contributed by atoms with Crippen LogP contribution in [0, 0.1) is 5.92 Å². The summed E-state index contributed by atoms with van der Waals surface area (Å²) in [7, 11) is 2.83. The number of carbonyl (C=O) groups excluding carboxylic acids is 4. The number of urea groups is 1. The van der Waals surface area contributed by atoms with E-state index in [1.807, 2.05) is 13.8 Å². The van der Waals surface area contributed by atoms with Crippen LogP contribution in [0.2, 0.25) is 0 Å². The van der Waals surface area contributed by atoms with E-state index in [9.17, 15) is 19.2 Å². The van der Waals surface area contributed by atoms with Gasteiger partial charge in [-0.2, -0.15) is 0 Å². The Morgan fingerprint density at radius 1 is 1.07 bits per heavy atom. The Balaban J connectivity index is 1.73. The first-order valence-electron chi connectivity index (χ1n) is 9.78. The number of esters is 1. The summed E-state index contributed by atoms with van der Waals surface area (Å²) in [6, 6.07) is 6.05. The average molecular weight is 401 g/mol. The zero-order valence-corrected chi connectivity index (χ0v) is 17.3. The van der Waals surface area contributed by atoms with E-state index in [1.54, 1.807) is 34.1 Å². The molecule has 0 unspecified atom stereocenters. The zero-order valence-electron chi connectivity index (χ0n) is 17.3. The molecule has 0 bridgehead atoms. The molecule has 0 saturated carbocycles. The molecule has 1 spiro atoms. The highest BCUT2D eigenvalue weighted by molar-refractivity contribution is 6.07. The first-order valence-corrected chi connectivity index (χ1v) is 9.78. The van der Waals surface area contributed by atoms with Crippen LogP contribution in [0.4, 0.5) is 4.79 Å². The van der Waals surface area contributed by atoms with Crippen LogP contribution in [0.1, 0.15) is 47.4 Å². The molecule has 156 valence electrons. The Labute approximate surface area is 170 Å². The standard InChI is InChI=1S/C21H27N3O5/c1-14(2)13-24-20(28)22(3)19(27)21(24)9-11-23(12-10-21)17(25)15-5-7-16(8-6-15)18(26)29-4/h5-8,14H,9-13H2,1-4H3. The molecular weight excluding hydrogens is 374 g/mol. The van der Waals surface area contributed by atoms with Gasteiger partial charge in [0, 0.05) is 32.2 Å². The van der Waals surface area contributed by atoms with Crippen LogP contribution in [0.3, 0.4) is 0 Å². The molecule has 2 heterocycles. The first kappa shape index (κ1) is 20.8. The lowest BCUT2D eigenvalue weighted by atomic mass is 9.85. The lowest BCUT2D eigenvalue weighted by Crippen LogP contribution is -2.58. The van der Waals surface area contributed by atoms with Crippen molar-refractivity contribution >= 4 is 23.8 Å². The van der Waals surface area contributed by atoms with Gasteiger partial charge in [-0.3, -0.25) is 14.5 Å². The third-order valence-corrected chi connectivity index (χ3v) is 5.72. The van der Waals surface area contributed by atoms with Gasteiger partial charge in [-0.05, 0) is 43.0 Å². The molecule has 29 heavy (non-hydrogen) atoms. The molecule has 2 aliphatic rings. The van der Waals surface area contributed by atoms with Gasteiger partial charge >= 0.3 is 12.0 Å². The van der Waals surface area contributed by atoms with Gasteiger partial charge in [-0.15, -0.1) is 0 Å². The van der Waals surface area contributed by atoms with E-state index in [2.05, 4.69) is 4.74 Å². The van der Waals surface area contributed by atoms with Crippen LogP contribution in [-0.4, -0.2) is 77.8 Å². The number of imide groups is 1. The monoisotopic (exact) mass is 401 g/mol. The largest absolute Gasteiger partial charge is 0.465 e. The van der Waals surface area contributed by atoms with Gasteiger partial charge in [0.25, 0.3) is 11.8 Å². The second-order valence-electron chi connectivity index (χ2n) is 8.04. The zero-order chi connectivity index (χ0) is 21.3. The van der Waals surface area contributed by atoms with Gasteiger partial charge < -0.3 is 14.5 Å². The highest BCUT2D eigenvalue weighted by atomic mass is 16.5. The van der Waals surface area contributed by atoms with Crippen molar-refractivity contribution in [1.29, 1.82) is 0 Å². The van der Waals surface area contributed by atoms with Crippen molar-refractivity contribution in [1.82, 2.24) is 14.7 Å². The Hall–Kier alpha value is -2.90. The highest BCUT2D eigenvalue weighted by Gasteiger charge is 2.57. The number of piperidine rings is 1. The van der Waals surface area contributed by atoms with Crippen molar-refractivity contribution < 1.29 is 23.9 Å². The molecule has 2 fully saturated rings. The number of methoxy groups -OCH3 is 1. The molecule has 4 amide bonds. The minimum Gasteiger partial charge on any atom is -0.465 e. The minimum atomic E-state index is -0.859. The van der Waals surface area contributed by atoms with Crippen molar-refractivity contribution in [2.45, 2.75) is 32.2 Å². The third-order valence-electron chi connectivity index (χ3n) is 5.72. The summed E-state index contributed by atoms with van der Waals surface area (Å²) in [5.74, 6) is -0.555. The minimum absolute atomic E-state index is 0.156. The molecule has 1 aromatic rings. The second kappa shape index (κ2) is 7.85. The Kier molecular flexibility index (Phi) is 5.64. The molecule has 8 heteroatoms. The second-order valence-corrected chi connectivity index (χ2v) is 8.04. The predicted octanol–water partition coefficient (Wildman–Crippen LogP) is 2.00. The number of ether oxygens (including phenoxy) is 1. The number of hydrogen-bond acceptors (Lipinski definition) is 5.